The molecule has 0 aromatic carbocycles. The summed E-state index contributed by atoms with van der Waals surface area (Å²) in [5.74, 6) is 2.10. The molecule has 1 heterocycles. The third-order valence-corrected chi connectivity index (χ3v) is 4.90. The number of thiocarbonyl (C=S) groups is 1. The second kappa shape index (κ2) is 6.76. The van der Waals surface area contributed by atoms with E-state index in [0.717, 1.165) is 36.4 Å². The Kier molecular flexibility index (Phi) is 5.27. The van der Waals surface area contributed by atoms with Crippen LogP contribution in [0.15, 0.2) is 6.07 Å². The first-order valence-electron chi connectivity index (χ1n) is 7.09. The highest BCUT2D eigenvalue weighted by Crippen LogP contribution is 2.28. The zero-order chi connectivity index (χ0) is 14.7. The van der Waals surface area contributed by atoms with Gasteiger partial charge < -0.3 is 10.6 Å². The molecule has 0 amide bonds. The minimum Gasteiger partial charge on any atom is -0.389 e. The third-order valence-electron chi connectivity index (χ3n) is 4.03. The number of hydrogen-bond acceptors (Lipinski definition) is 4. The summed E-state index contributed by atoms with van der Waals surface area (Å²) < 4.78 is 0. The first kappa shape index (κ1) is 15.6. The quantitative estimate of drug-likeness (QED) is 0.819. The van der Waals surface area contributed by atoms with Crippen molar-refractivity contribution >= 4 is 34.8 Å². The lowest BCUT2D eigenvalue weighted by Crippen LogP contribution is -2.32. The van der Waals surface area contributed by atoms with E-state index in [4.69, 9.17) is 22.9 Å². The number of nitrogens with zero attached hydrogens (tertiary/aromatic N) is 2. The summed E-state index contributed by atoms with van der Waals surface area (Å²) in [6.45, 7) is 2.23. The lowest BCUT2D eigenvalue weighted by atomic mass is 10.1. The number of anilines is 1. The molecule has 0 saturated carbocycles. The molecule has 1 aliphatic carbocycles. The molecule has 2 N–H and O–H groups in total. The van der Waals surface area contributed by atoms with Crippen molar-refractivity contribution in [3.05, 3.63) is 22.9 Å². The maximum absolute atomic E-state index is 5.91. The summed E-state index contributed by atoms with van der Waals surface area (Å²) in [4.78, 5) is 7.53. The van der Waals surface area contributed by atoms with Gasteiger partial charge in [0.1, 0.15) is 10.8 Å². The van der Waals surface area contributed by atoms with E-state index in [1.807, 2.05) is 11.8 Å². The van der Waals surface area contributed by atoms with Crippen LogP contribution in [0.2, 0.25) is 0 Å². The van der Waals surface area contributed by atoms with E-state index in [0.29, 0.717) is 11.0 Å². The van der Waals surface area contributed by atoms with Crippen LogP contribution in [0.4, 0.5) is 5.82 Å². The van der Waals surface area contributed by atoms with E-state index in [-0.39, 0.29) is 0 Å². The lowest BCUT2D eigenvalue weighted by Gasteiger charge is -2.28. The molecule has 1 atom stereocenters. The number of nitrogens with two attached hydrogens (primary N) is 1. The van der Waals surface area contributed by atoms with Gasteiger partial charge in [-0.3, -0.25) is 0 Å². The van der Waals surface area contributed by atoms with Gasteiger partial charge in [0.05, 0.1) is 5.56 Å². The molecule has 1 aromatic rings. The van der Waals surface area contributed by atoms with E-state index in [2.05, 4.69) is 31.2 Å². The molecule has 0 aliphatic heterocycles. The number of aromatic nitrogens is 1. The second-order valence-electron chi connectivity index (χ2n) is 5.42. The highest BCUT2D eigenvalue weighted by atomic mass is 32.2. The number of aryl methyl sites for hydroxylation is 2. The summed E-state index contributed by atoms with van der Waals surface area (Å²) in [5.41, 5.74) is 9.38. The van der Waals surface area contributed by atoms with Crippen LogP contribution >= 0.6 is 24.0 Å². The minimum atomic E-state index is 0.433. The maximum atomic E-state index is 5.91. The fourth-order valence-corrected chi connectivity index (χ4v) is 3.33. The number of hydrogen-bond donors (Lipinski definition) is 1. The average Bonchev–Trinajstić information content (AvgIpc) is 2.89. The number of pyridine rings is 1. The Balaban J connectivity index is 2.31. The maximum Gasteiger partial charge on any atom is 0.139 e. The molecule has 0 radical (unpaired) electrons. The minimum absolute atomic E-state index is 0.433. The van der Waals surface area contributed by atoms with Gasteiger partial charge in [0.2, 0.25) is 0 Å². The highest BCUT2D eigenvalue weighted by molar-refractivity contribution is 7.98. The van der Waals surface area contributed by atoms with Gasteiger partial charge in [0.15, 0.2) is 0 Å². The molecule has 1 unspecified atom stereocenters. The van der Waals surface area contributed by atoms with Crippen LogP contribution in [0, 0.1) is 0 Å². The first-order valence-corrected chi connectivity index (χ1v) is 8.89. The van der Waals surface area contributed by atoms with Gasteiger partial charge in [0, 0.05) is 18.8 Å². The lowest BCUT2D eigenvalue weighted by molar-refractivity contribution is 0.660. The Labute approximate surface area is 131 Å². The van der Waals surface area contributed by atoms with Gasteiger partial charge in [-0.1, -0.05) is 12.2 Å². The smallest absolute Gasteiger partial charge is 0.139 e. The van der Waals surface area contributed by atoms with Crippen molar-refractivity contribution in [3.8, 4) is 0 Å². The monoisotopic (exact) mass is 309 g/mol. The molecule has 5 heteroatoms. The van der Waals surface area contributed by atoms with Crippen LogP contribution < -0.4 is 10.6 Å². The van der Waals surface area contributed by atoms with Crippen molar-refractivity contribution in [1.82, 2.24) is 4.98 Å². The van der Waals surface area contributed by atoms with Crippen molar-refractivity contribution in [3.63, 3.8) is 0 Å². The van der Waals surface area contributed by atoms with E-state index in [9.17, 15) is 0 Å². The molecule has 0 bridgehead atoms. The Morgan fingerprint density at radius 1 is 1.55 bits per heavy atom. The highest BCUT2D eigenvalue weighted by Gasteiger charge is 2.21. The van der Waals surface area contributed by atoms with Crippen LogP contribution in [-0.4, -0.2) is 35.1 Å². The topological polar surface area (TPSA) is 42.2 Å². The molecular weight excluding hydrogens is 286 g/mol. The predicted octanol–water partition coefficient (Wildman–Crippen LogP) is 2.78. The van der Waals surface area contributed by atoms with Crippen LogP contribution in [-0.2, 0) is 12.8 Å². The van der Waals surface area contributed by atoms with Crippen LogP contribution in [0.25, 0.3) is 0 Å². The summed E-state index contributed by atoms with van der Waals surface area (Å²) in [6, 6.07) is 2.59. The summed E-state index contributed by atoms with van der Waals surface area (Å²) in [6.07, 6.45) is 6.64. The summed E-state index contributed by atoms with van der Waals surface area (Å²) in [7, 11) is 2.09. The number of rotatable bonds is 6. The zero-order valence-electron chi connectivity index (χ0n) is 12.5. The van der Waals surface area contributed by atoms with Gasteiger partial charge >= 0.3 is 0 Å². The van der Waals surface area contributed by atoms with Crippen LogP contribution in [0.1, 0.15) is 36.6 Å². The zero-order valence-corrected chi connectivity index (χ0v) is 14.1. The summed E-state index contributed by atoms with van der Waals surface area (Å²) >= 11 is 7.10. The predicted molar refractivity (Wildman–Crippen MR) is 93.0 cm³/mol. The molecule has 110 valence electrons. The second-order valence-corrected chi connectivity index (χ2v) is 6.85. The molecule has 2 rings (SSSR count). The molecule has 0 fully saturated rings. The fraction of sp³-hybridized carbons (Fsp3) is 0.600. The SMILES string of the molecule is CSCCC(C)N(C)c1nc2c(cc1C(N)=S)CCC2. The Morgan fingerprint density at radius 2 is 2.30 bits per heavy atom. The third kappa shape index (κ3) is 3.26. The summed E-state index contributed by atoms with van der Waals surface area (Å²) in [5, 5.41) is 0. The largest absolute Gasteiger partial charge is 0.389 e. The van der Waals surface area contributed by atoms with Crippen molar-refractivity contribution in [2.45, 2.75) is 38.6 Å². The fourth-order valence-electron chi connectivity index (χ4n) is 2.60. The van der Waals surface area contributed by atoms with E-state index < -0.39 is 0 Å². The van der Waals surface area contributed by atoms with Crippen LogP contribution in [0.3, 0.4) is 0 Å². The Morgan fingerprint density at radius 3 is 2.95 bits per heavy atom. The van der Waals surface area contributed by atoms with Crippen molar-refractivity contribution in [2.75, 3.05) is 24.0 Å². The van der Waals surface area contributed by atoms with Crippen molar-refractivity contribution < 1.29 is 0 Å². The average molecular weight is 310 g/mol. The molecule has 1 aromatic heterocycles. The molecule has 1 aliphatic rings. The molecule has 20 heavy (non-hydrogen) atoms. The van der Waals surface area contributed by atoms with Gasteiger partial charge in [0.25, 0.3) is 0 Å². The molecule has 0 saturated heterocycles. The first-order chi connectivity index (χ1) is 9.54. The van der Waals surface area contributed by atoms with E-state index >= 15 is 0 Å². The van der Waals surface area contributed by atoms with Crippen molar-refractivity contribution in [1.29, 1.82) is 0 Å². The van der Waals surface area contributed by atoms with Crippen molar-refractivity contribution in [2.24, 2.45) is 5.73 Å². The van der Waals surface area contributed by atoms with Gasteiger partial charge in [-0.25, -0.2) is 4.98 Å². The molecule has 0 spiro atoms. The number of thioether (sulfide) groups is 1. The van der Waals surface area contributed by atoms with Crippen LogP contribution in [0.5, 0.6) is 0 Å². The normalized spacial score (nSPS) is 14.9. The van der Waals surface area contributed by atoms with E-state index in [1.54, 1.807) is 0 Å². The Bertz CT molecular complexity index is 502. The van der Waals surface area contributed by atoms with Gasteiger partial charge in [-0.05, 0) is 56.2 Å². The molecular formula is C15H23N3S2. The Hall–Kier alpha value is -0.810. The standard InChI is InChI=1S/C15H23N3S2/c1-10(7-8-20-3)18(2)15-12(14(16)19)9-11-5-4-6-13(11)17-15/h9-10H,4-8H2,1-3H3,(H2,16,19). The number of fused-ring (bicyclic) bond motifs is 1. The molecule has 3 nitrogen and oxygen atoms in total. The van der Waals surface area contributed by atoms with E-state index in [1.165, 1.54) is 17.7 Å². The van der Waals surface area contributed by atoms with Gasteiger partial charge in [-0.2, -0.15) is 11.8 Å². The van der Waals surface area contributed by atoms with Gasteiger partial charge in [-0.15, -0.1) is 0 Å².